The summed E-state index contributed by atoms with van der Waals surface area (Å²) in [5.74, 6) is 1.53. The predicted molar refractivity (Wildman–Crippen MR) is 90.1 cm³/mol. The van der Waals surface area contributed by atoms with E-state index in [0.717, 1.165) is 22.7 Å². The molecular weight excluding hydrogens is 300 g/mol. The van der Waals surface area contributed by atoms with E-state index in [1.165, 1.54) is 0 Å². The lowest BCUT2D eigenvalue weighted by molar-refractivity contribution is 0.287. The first kappa shape index (κ1) is 16.4. The lowest BCUT2D eigenvalue weighted by Gasteiger charge is -2.19. The van der Waals surface area contributed by atoms with Gasteiger partial charge in [0.25, 0.3) is 0 Å². The minimum absolute atomic E-state index is 0.0785. The molecule has 0 fully saturated rings. The van der Waals surface area contributed by atoms with E-state index in [1.807, 2.05) is 38.1 Å². The van der Waals surface area contributed by atoms with Crippen molar-refractivity contribution in [3.63, 3.8) is 0 Å². The van der Waals surface area contributed by atoms with Crippen LogP contribution in [-0.2, 0) is 0 Å². The summed E-state index contributed by atoms with van der Waals surface area (Å²) in [5.41, 5.74) is 1.95. The summed E-state index contributed by atoms with van der Waals surface area (Å²) in [5, 5.41) is 3.98. The number of nitrogens with zero attached hydrogens (tertiary/aromatic N) is 1. The Balaban J connectivity index is 2.20. The smallest absolute Gasteiger partial charge is 0.161 e. The number of aromatic nitrogens is 1. The van der Waals surface area contributed by atoms with Crippen molar-refractivity contribution >= 4 is 17.3 Å². The van der Waals surface area contributed by atoms with Gasteiger partial charge < -0.3 is 14.8 Å². The fraction of sp³-hybridized carbons (Fsp3) is 0.353. The minimum atomic E-state index is 0.0785. The molecule has 0 bridgehead atoms. The van der Waals surface area contributed by atoms with Gasteiger partial charge in [-0.2, -0.15) is 0 Å². The molecule has 1 heterocycles. The molecule has 22 heavy (non-hydrogen) atoms. The lowest BCUT2D eigenvalue weighted by Crippen LogP contribution is -2.08. The number of halogens is 1. The molecule has 1 aromatic carbocycles. The Labute approximate surface area is 136 Å². The van der Waals surface area contributed by atoms with Crippen LogP contribution in [0.2, 0.25) is 5.02 Å². The molecule has 1 atom stereocenters. The number of pyridine rings is 1. The molecule has 0 saturated heterocycles. The zero-order valence-electron chi connectivity index (χ0n) is 13.1. The van der Waals surface area contributed by atoms with E-state index in [0.29, 0.717) is 18.2 Å². The maximum atomic E-state index is 6.13. The van der Waals surface area contributed by atoms with Crippen molar-refractivity contribution in [2.75, 3.05) is 18.5 Å². The van der Waals surface area contributed by atoms with Gasteiger partial charge in [0.2, 0.25) is 0 Å². The van der Waals surface area contributed by atoms with Gasteiger partial charge in [0.15, 0.2) is 11.5 Å². The van der Waals surface area contributed by atoms with Crippen molar-refractivity contribution < 1.29 is 9.47 Å². The fourth-order valence-electron chi connectivity index (χ4n) is 2.15. The molecule has 2 aromatic rings. The van der Waals surface area contributed by atoms with Crippen LogP contribution in [0.5, 0.6) is 11.5 Å². The van der Waals surface area contributed by atoms with E-state index in [4.69, 9.17) is 21.1 Å². The van der Waals surface area contributed by atoms with E-state index in [2.05, 4.69) is 17.2 Å². The number of ether oxygens (including phenoxy) is 2. The first-order valence-corrected chi connectivity index (χ1v) is 7.79. The van der Waals surface area contributed by atoms with E-state index in [-0.39, 0.29) is 6.04 Å². The van der Waals surface area contributed by atoms with Crippen LogP contribution in [0.4, 0.5) is 5.69 Å². The van der Waals surface area contributed by atoms with E-state index >= 15 is 0 Å². The average Bonchev–Trinajstić information content (AvgIpc) is 2.51. The SMILES string of the molecule is CCOc1ccc(C(C)Nc2ccncc2Cl)cc1OCC. The van der Waals surface area contributed by atoms with Crippen LogP contribution in [0.1, 0.15) is 32.4 Å². The van der Waals surface area contributed by atoms with Crippen molar-refractivity contribution in [3.05, 3.63) is 47.2 Å². The zero-order valence-corrected chi connectivity index (χ0v) is 13.9. The molecule has 1 unspecified atom stereocenters. The number of benzene rings is 1. The second-order valence-corrected chi connectivity index (χ2v) is 5.20. The summed E-state index contributed by atoms with van der Waals surface area (Å²) < 4.78 is 11.3. The minimum Gasteiger partial charge on any atom is -0.490 e. The number of rotatable bonds is 7. The van der Waals surface area contributed by atoms with Gasteiger partial charge >= 0.3 is 0 Å². The van der Waals surface area contributed by atoms with Gasteiger partial charge in [0.1, 0.15) is 0 Å². The van der Waals surface area contributed by atoms with Crippen LogP contribution in [0.3, 0.4) is 0 Å². The highest BCUT2D eigenvalue weighted by Gasteiger charge is 2.12. The monoisotopic (exact) mass is 320 g/mol. The molecule has 0 aliphatic heterocycles. The molecule has 0 amide bonds. The predicted octanol–water partition coefficient (Wildman–Crippen LogP) is 4.71. The molecule has 4 nitrogen and oxygen atoms in total. The van der Waals surface area contributed by atoms with Gasteiger partial charge in [0.05, 0.1) is 23.9 Å². The third kappa shape index (κ3) is 4.04. The van der Waals surface area contributed by atoms with Crippen molar-refractivity contribution in [3.8, 4) is 11.5 Å². The molecule has 118 valence electrons. The summed E-state index contributed by atoms with van der Waals surface area (Å²) >= 11 is 6.13. The first-order valence-electron chi connectivity index (χ1n) is 7.41. The quantitative estimate of drug-likeness (QED) is 0.802. The third-order valence-corrected chi connectivity index (χ3v) is 3.51. The largest absolute Gasteiger partial charge is 0.490 e. The van der Waals surface area contributed by atoms with Crippen molar-refractivity contribution in [2.24, 2.45) is 0 Å². The lowest BCUT2D eigenvalue weighted by atomic mass is 10.1. The highest BCUT2D eigenvalue weighted by Crippen LogP contribution is 2.32. The van der Waals surface area contributed by atoms with Gasteiger partial charge in [-0.25, -0.2) is 0 Å². The second kappa shape index (κ2) is 7.90. The van der Waals surface area contributed by atoms with Crippen molar-refractivity contribution in [1.29, 1.82) is 0 Å². The van der Waals surface area contributed by atoms with Crippen molar-refractivity contribution in [2.45, 2.75) is 26.8 Å². The van der Waals surface area contributed by atoms with Crippen molar-refractivity contribution in [1.82, 2.24) is 4.98 Å². The molecule has 0 radical (unpaired) electrons. The average molecular weight is 321 g/mol. The molecule has 0 aliphatic rings. The van der Waals surface area contributed by atoms with Crippen LogP contribution in [-0.4, -0.2) is 18.2 Å². The molecule has 1 aromatic heterocycles. The van der Waals surface area contributed by atoms with Gasteiger partial charge in [-0.05, 0) is 44.5 Å². The molecule has 0 aliphatic carbocycles. The van der Waals surface area contributed by atoms with Crippen LogP contribution >= 0.6 is 11.6 Å². The van der Waals surface area contributed by atoms with Gasteiger partial charge in [0, 0.05) is 18.4 Å². The molecule has 0 saturated carbocycles. The molecule has 5 heteroatoms. The molecule has 1 N–H and O–H groups in total. The highest BCUT2D eigenvalue weighted by molar-refractivity contribution is 6.33. The molecule has 2 rings (SSSR count). The van der Waals surface area contributed by atoms with Gasteiger partial charge in [-0.3, -0.25) is 4.98 Å². The Kier molecular flexibility index (Phi) is 5.90. The molecule has 0 spiro atoms. The summed E-state index contributed by atoms with van der Waals surface area (Å²) in [6.07, 6.45) is 3.34. The molecular formula is C17H21ClN2O2. The normalized spacial score (nSPS) is 11.8. The second-order valence-electron chi connectivity index (χ2n) is 4.79. The summed E-state index contributed by atoms with van der Waals surface area (Å²) in [6, 6.07) is 7.91. The highest BCUT2D eigenvalue weighted by atomic mass is 35.5. The third-order valence-electron chi connectivity index (χ3n) is 3.21. The Morgan fingerprint density at radius 2 is 1.86 bits per heavy atom. The Morgan fingerprint density at radius 1 is 1.14 bits per heavy atom. The standard InChI is InChI=1S/C17H21ClN2O2/c1-4-21-16-7-6-13(10-17(16)22-5-2)12(3)20-15-8-9-19-11-14(15)18/h6-12H,4-5H2,1-3H3,(H,19,20). The van der Waals surface area contributed by atoms with Crippen LogP contribution in [0.25, 0.3) is 0 Å². The fourth-order valence-corrected chi connectivity index (χ4v) is 2.32. The number of hydrogen-bond donors (Lipinski definition) is 1. The Hall–Kier alpha value is -1.94. The summed E-state index contributed by atoms with van der Waals surface area (Å²) in [6.45, 7) is 7.20. The van der Waals surface area contributed by atoms with E-state index in [9.17, 15) is 0 Å². The van der Waals surface area contributed by atoms with E-state index < -0.39 is 0 Å². The zero-order chi connectivity index (χ0) is 15.9. The number of nitrogens with one attached hydrogen (secondary N) is 1. The van der Waals surface area contributed by atoms with Crippen LogP contribution in [0.15, 0.2) is 36.7 Å². The first-order chi connectivity index (χ1) is 10.7. The topological polar surface area (TPSA) is 43.4 Å². The maximum absolute atomic E-state index is 6.13. The Bertz CT molecular complexity index is 619. The van der Waals surface area contributed by atoms with Crippen LogP contribution < -0.4 is 14.8 Å². The number of anilines is 1. The summed E-state index contributed by atoms with van der Waals surface area (Å²) in [7, 11) is 0. The van der Waals surface area contributed by atoms with E-state index in [1.54, 1.807) is 12.4 Å². The van der Waals surface area contributed by atoms with Gasteiger partial charge in [-0.15, -0.1) is 0 Å². The maximum Gasteiger partial charge on any atom is 0.161 e. The summed E-state index contributed by atoms with van der Waals surface area (Å²) in [4.78, 5) is 3.99. The van der Waals surface area contributed by atoms with Crippen LogP contribution in [0, 0.1) is 0 Å². The Morgan fingerprint density at radius 3 is 2.55 bits per heavy atom. The number of hydrogen-bond acceptors (Lipinski definition) is 4. The van der Waals surface area contributed by atoms with Gasteiger partial charge in [-0.1, -0.05) is 17.7 Å².